The number of sulfonamides is 1. The maximum atomic E-state index is 12.7. The zero-order chi connectivity index (χ0) is 19.3. The minimum atomic E-state index is -3.57. The van der Waals surface area contributed by atoms with E-state index < -0.39 is 10.0 Å². The van der Waals surface area contributed by atoms with Crippen LogP contribution in [0.25, 0.3) is 0 Å². The Morgan fingerprint density at radius 3 is 2.00 bits per heavy atom. The van der Waals surface area contributed by atoms with Crippen molar-refractivity contribution in [2.75, 3.05) is 18.5 Å². The zero-order valence-electron chi connectivity index (χ0n) is 15.5. The maximum Gasteiger partial charge on any atom is 0.240 e. The largest absolute Gasteiger partial charge is 0.366 e. The van der Waals surface area contributed by atoms with Gasteiger partial charge in [-0.1, -0.05) is 66.2 Å². The van der Waals surface area contributed by atoms with E-state index >= 15 is 0 Å². The van der Waals surface area contributed by atoms with Crippen LogP contribution >= 0.6 is 0 Å². The average Bonchev–Trinajstić information content (AvgIpc) is 2.70. The Morgan fingerprint density at radius 1 is 0.852 bits per heavy atom. The van der Waals surface area contributed by atoms with Gasteiger partial charge in [-0.3, -0.25) is 0 Å². The number of hydrogen-bond acceptors (Lipinski definition) is 3. The monoisotopic (exact) mass is 380 g/mol. The summed E-state index contributed by atoms with van der Waals surface area (Å²) in [4.78, 5) is 2.37. The van der Waals surface area contributed by atoms with Gasteiger partial charge in [0.1, 0.15) is 0 Å². The average molecular weight is 381 g/mol. The fraction of sp³-hybridized carbons (Fsp3) is 0.182. The Morgan fingerprint density at radius 2 is 1.41 bits per heavy atom. The number of nitrogens with one attached hydrogen (secondary N) is 1. The van der Waals surface area contributed by atoms with E-state index in [0.29, 0.717) is 0 Å². The molecule has 0 saturated heterocycles. The molecule has 5 heteroatoms. The van der Waals surface area contributed by atoms with Gasteiger partial charge in [0.25, 0.3) is 0 Å². The van der Waals surface area contributed by atoms with Crippen LogP contribution in [0.5, 0.6) is 0 Å². The van der Waals surface area contributed by atoms with E-state index in [0.717, 1.165) is 16.8 Å². The van der Waals surface area contributed by atoms with Crippen molar-refractivity contribution in [2.45, 2.75) is 17.9 Å². The molecule has 0 fully saturated rings. The molecule has 4 nitrogen and oxygen atoms in total. The molecule has 1 atom stereocenters. The topological polar surface area (TPSA) is 49.4 Å². The van der Waals surface area contributed by atoms with E-state index in [1.54, 1.807) is 24.3 Å². The van der Waals surface area contributed by atoms with E-state index in [1.165, 1.54) is 0 Å². The molecule has 0 radical (unpaired) electrons. The summed E-state index contributed by atoms with van der Waals surface area (Å²) < 4.78 is 28.2. The molecule has 1 N–H and O–H groups in total. The smallest absolute Gasteiger partial charge is 0.240 e. The van der Waals surface area contributed by atoms with Crippen LogP contribution in [0, 0.1) is 6.92 Å². The highest BCUT2D eigenvalue weighted by Crippen LogP contribution is 2.25. The van der Waals surface area contributed by atoms with E-state index in [1.807, 2.05) is 74.6 Å². The van der Waals surface area contributed by atoms with Gasteiger partial charge in [0.05, 0.1) is 10.9 Å². The van der Waals surface area contributed by atoms with Crippen LogP contribution in [0.2, 0.25) is 0 Å². The van der Waals surface area contributed by atoms with Gasteiger partial charge in [0.15, 0.2) is 0 Å². The summed E-state index contributed by atoms with van der Waals surface area (Å²) >= 11 is 0. The van der Waals surface area contributed by atoms with Crippen molar-refractivity contribution >= 4 is 15.7 Å². The fourth-order valence-electron chi connectivity index (χ4n) is 2.99. The molecular weight excluding hydrogens is 356 g/mol. The summed E-state index contributed by atoms with van der Waals surface area (Å²) in [6.45, 7) is 2.20. The number of nitrogens with zero attached hydrogens (tertiary/aromatic N) is 1. The van der Waals surface area contributed by atoms with Gasteiger partial charge >= 0.3 is 0 Å². The number of likely N-dealkylation sites (N-methyl/N-ethyl adjacent to an activating group) is 1. The van der Waals surface area contributed by atoms with Crippen LogP contribution in [-0.4, -0.2) is 22.0 Å². The molecule has 3 aromatic carbocycles. The third-order valence-electron chi connectivity index (χ3n) is 4.61. The standard InChI is InChI=1S/C22H24N2O2S/c1-18-13-15-21(16-14-18)27(25,26)23-17-22(19-9-5-3-6-10-19)24(2)20-11-7-4-8-12-20/h3-16,22-23H,17H2,1-2H3/t22-/m1/s1. The van der Waals surface area contributed by atoms with E-state index in [2.05, 4.69) is 9.62 Å². The minimum absolute atomic E-state index is 0.131. The lowest BCUT2D eigenvalue weighted by molar-refractivity contribution is 0.567. The van der Waals surface area contributed by atoms with Crippen LogP contribution in [0.15, 0.2) is 89.8 Å². The quantitative estimate of drug-likeness (QED) is 0.670. The number of hydrogen-bond donors (Lipinski definition) is 1. The summed E-state index contributed by atoms with van der Waals surface area (Å²) in [7, 11) is -1.59. The molecule has 0 amide bonds. The van der Waals surface area contributed by atoms with Crippen LogP contribution in [-0.2, 0) is 10.0 Å². The lowest BCUT2D eigenvalue weighted by Gasteiger charge is -2.30. The van der Waals surface area contributed by atoms with Crippen molar-refractivity contribution in [3.05, 3.63) is 96.1 Å². The maximum absolute atomic E-state index is 12.7. The molecule has 0 aliphatic carbocycles. The molecule has 0 unspecified atom stereocenters. The SMILES string of the molecule is Cc1ccc(S(=O)(=O)NC[C@H](c2ccccc2)N(C)c2ccccc2)cc1. The Hall–Kier alpha value is -2.63. The molecule has 0 aliphatic rings. The summed E-state index contributed by atoms with van der Waals surface area (Å²) in [5.74, 6) is 0. The lowest BCUT2D eigenvalue weighted by Crippen LogP contribution is -2.36. The fourth-order valence-corrected chi connectivity index (χ4v) is 4.02. The second-order valence-electron chi connectivity index (χ2n) is 6.54. The highest BCUT2D eigenvalue weighted by molar-refractivity contribution is 7.89. The number of anilines is 1. The van der Waals surface area contributed by atoms with Crippen molar-refractivity contribution in [3.8, 4) is 0 Å². The normalized spacial score (nSPS) is 12.5. The Kier molecular flexibility index (Phi) is 5.94. The number of para-hydroxylation sites is 1. The van der Waals surface area contributed by atoms with Crippen LogP contribution in [0.1, 0.15) is 17.2 Å². The number of rotatable bonds is 7. The predicted octanol–water partition coefficient (Wildman–Crippen LogP) is 4.15. The minimum Gasteiger partial charge on any atom is -0.366 e. The van der Waals surface area contributed by atoms with Crippen LogP contribution in [0.3, 0.4) is 0 Å². The molecule has 0 aromatic heterocycles. The molecule has 0 aliphatic heterocycles. The number of aryl methyl sites for hydroxylation is 1. The summed E-state index contributed by atoms with van der Waals surface area (Å²) in [6, 6.07) is 26.6. The second kappa shape index (κ2) is 8.37. The summed E-state index contributed by atoms with van der Waals surface area (Å²) in [6.07, 6.45) is 0. The third-order valence-corrected chi connectivity index (χ3v) is 6.05. The molecule has 0 saturated carbocycles. The first-order valence-electron chi connectivity index (χ1n) is 8.86. The van der Waals surface area contributed by atoms with E-state index in [4.69, 9.17) is 0 Å². The first kappa shape index (κ1) is 19.1. The zero-order valence-corrected chi connectivity index (χ0v) is 16.4. The molecule has 27 heavy (non-hydrogen) atoms. The first-order valence-corrected chi connectivity index (χ1v) is 10.3. The Bertz CT molecular complexity index is 956. The molecule has 0 spiro atoms. The van der Waals surface area contributed by atoms with Gasteiger partial charge < -0.3 is 4.90 Å². The number of benzene rings is 3. The van der Waals surface area contributed by atoms with E-state index in [9.17, 15) is 8.42 Å². The van der Waals surface area contributed by atoms with Crippen molar-refractivity contribution in [1.29, 1.82) is 0 Å². The van der Waals surface area contributed by atoms with Gasteiger partial charge in [-0.15, -0.1) is 0 Å². The first-order chi connectivity index (χ1) is 13.0. The van der Waals surface area contributed by atoms with Gasteiger partial charge in [0.2, 0.25) is 10.0 Å². The van der Waals surface area contributed by atoms with Gasteiger partial charge in [-0.25, -0.2) is 13.1 Å². The summed E-state index contributed by atoms with van der Waals surface area (Å²) in [5.41, 5.74) is 3.11. The summed E-state index contributed by atoms with van der Waals surface area (Å²) in [5, 5.41) is 0. The second-order valence-corrected chi connectivity index (χ2v) is 8.30. The predicted molar refractivity (Wildman–Crippen MR) is 110 cm³/mol. The van der Waals surface area contributed by atoms with Gasteiger partial charge in [-0.05, 0) is 36.8 Å². The van der Waals surface area contributed by atoms with Gasteiger partial charge in [-0.2, -0.15) is 0 Å². The van der Waals surface area contributed by atoms with Gasteiger partial charge in [0, 0.05) is 19.3 Å². The molecule has 0 bridgehead atoms. The van der Waals surface area contributed by atoms with Crippen molar-refractivity contribution < 1.29 is 8.42 Å². The highest BCUT2D eigenvalue weighted by Gasteiger charge is 2.21. The molecule has 3 aromatic rings. The Balaban J connectivity index is 1.85. The third kappa shape index (κ3) is 4.76. The van der Waals surface area contributed by atoms with Crippen LogP contribution in [0.4, 0.5) is 5.69 Å². The molecule has 3 rings (SSSR count). The molecular formula is C22H24N2O2S. The Labute approximate surface area is 161 Å². The van der Waals surface area contributed by atoms with Crippen LogP contribution < -0.4 is 9.62 Å². The highest BCUT2D eigenvalue weighted by atomic mass is 32.2. The van der Waals surface area contributed by atoms with Crippen molar-refractivity contribution in [1.82, 2.24) is 4.72 Å². The lowest BCUT2D eigenvalue weighted by atomic mass is 10.1. The van der Waals surface area contributed by atoms with E-state index in [-0.39, 0.29) is 17.5 Å². The molecule has 140 valence electrons. The van der Waals surface area contributed by atoms with Crippen molar-refractivity contribution in [2.24, 2.45) is 0 Å². The van der Waals surface area contributed by atoms with Crippen molar-refractivity contribution in [3.63, 3.8) is 0 Å². The molecule has 0 heterocycles.